The minimum atomic E-state index is -0.668. The molecule has 0 aliphatic carbocycles. The van der Waals surface area contributed by atoms with Crippen LogP contribution in [0.4, 0.5) is 0 Å². The predicted molar refractivity (Wildman–Crippen MR) is 101 cm³/mol. The number of nitrogens with one attached hydrogen (secondary N) is 2. The Hall–Kier alpha value is -3.23. The lowest BCUT2D eigenvalue weighted by molar-refractivity contribution is -0.143. The van der Waals surface area contributed by atoms with Crippen LogP contribution in [0.3, 0.4) is 0 Å². The van der Waals surface area contributed by atoms with Crippen LogP contribution in [0.25, 0.3) is 10.9 Å². The van der Waals surface area contributed by atoms with Crippen LogP contribution < -0.4 is 14.8 Å². The fraction of sp³-hybridized carbons (Fsp3) is 0.421. The third kappa shape index (κ3) is 5.63. The number of esters is 2. The zero-order valence-electron chi connectivity index (χ0n) is 16.1. The highest BCUT2D eigenvalue weighted by molar-refractivity contribution is 5.98. The molecule has 1 aromatic carbocycles. The van der Waals surface area contributed by atoms with Crippen molar-refractivity contribution in [1.82, 2.24) is 10.3 Å². The van der Waals surface area contributed by atoms with Crippen LogP contribution in [-0.2, 0) is 19.1 Å². The number of benzene rings is 1. The summed E-state index contributed by atoms with van der Waals surface area (Å²) in [5, 5.41) is 3.29. The molecule has 0 atom stereocenters. The molecule has 152 valence electrons. The normalized spacial score (nSPS) is 10.4. The van der Waals surface area contributed by atoms with Crippen molar-refractivity contribution in [2.45, 2.75) is 19.8 Å². The number of H-pyrrole nitrogens is 1. The molecule has 0 fully saturated rings. The van der Waals surface area contributed by atoms with Gasteiger partial charge in [0.05, 0.1) is 26.3 Å². The van der Waals surface area contributed by atoms with Gasteiger partial charge in [0.1, 0.15) is 17.2 Å². The zero-order chi connectivity index (χ0) is 20.5. The average Bonchev–Trinajstić information content (AvgIpc) is 3.13. The molecule has 9 nitrogen and oxygen atoms in total. The Bertz CT molecular complexity index is 844. The molecule has 0 saturated carbocycles. The molecule has 0 aliphatic rings. The largest absolute Gasteiger partial charge is 0.497 e. The third-order valence-corrected chi connectivity index (χ3v) is 3.86. The summed E-state index contributed by atoms with van der Waals surface area (Å²) in [5.74, 6) is -0.321. The molecule has 0 aliphatic heterocycles. The molecule has 2 aromatic rings. The average molecular weight is 392 g/mol. The maximum absolute atomic E-state index is 12.2. The van der Waals surface area contributed by atoms with Crippen molar-refractivity contribution < 1.29 is 33.3 Å². The number of carbonyl (C=O) groups is 3. The van der Waals surface area contributed by atoms with Crippen LogP contribution in [0.5, 0.6) is 11.5 Å². The van der Waals surface area contributed by atoms with E-state index in [1.165, 1.54) is 14.2 Å². The summed E-state index contributed by atoms with van der Waals surface area (Å²) >= 11 is 0. The lowest BCUT2D eigenvalue weighted by Gasteiger charge is -2.06. The fourth-order valence-electron chi connectivity index (χ4n) is 2.53. The molecule has 9 heteroatoms. The second-order valence-electron chi connectivity index (χ2n) is 5.81. The van der Waals surface area contributed by atoms with E-state index in [9.17, 15) is 14.4 Å². The number of carbonyl (C=O) groups excluding carboxylic acids is 3. The van der Waals surface area contributed by atoms with E-state index >= 15 is 0 Å². The van der Waals surface area contributed by atoms with E-state index in [1.54, 1.807) is 25.1 Å². The van der Waals surface area contributed by atoms with Crippen LogP contribution in [0.1, 0.15) is 30.3 Å². The minimum absolute atomic E-state index is 0.191. The highest BCUT2D eigenvalue weighted by atomic mass is 16.5. The van der Waals surface area contributed by atoms with E-state index < -0.39 is 18.5 Å². The lowest BCUT2D eigenvalue weighted by atomic mass is 10.2. The first-order valence-electron chi connectivity index (χ1n) is 8.82. The monoisotopic (exact) mass is 392 g/mol. The number of hydrogen-bond acceptors (Lipinski definition) is 7. The van der Waals surface area contributed by atoms with Crippen molar-refractivity contribution in [3.8, 4) is 11.5 Å². The molecule has 0 radical (unpaired) electrons. The van der Waals surface area contributed by atoms with Gasteiger partial charge in [-0.05, 0) is 25.5 Å². The summed E-state index contributed by atoms with van der Waals surface area (Å²) in [6.45, 7) is 1.92. The molecule has 0 bridgehead atoms. The SMILES string of the molecule is CCOC(=O)CCCNC(=O)COC(=O)c1cc2cc(OC)cc(OC)c2[nH]1. The summed E-state index contributed by atoms with van der Waals surface area (Å²) in [5.41, 5.74) is 0.815. The van der Waals surface area contributed by atoms with Gasteiger partial charge < -0.3 is 29.2 Å². The van der Waals surface area contributed by atoms with Crippen LogP contribution in [0.15, 0.2) is 18.2 Å². The summed E-state index contributed by atoms with van der Waals surface area (Å²) in [6, 6.07) is 5.04. The van der Waals surface area contributed by atoms with E-state index in [0.717, 1.165) is 0 Å². The summed E-state index contributed by atoms with van der Waals surface area (Å²) < 4.78 is 20.3. The maximum atomic E-state index is 12.2. The number of fused-ring (bicyclic) bond motifs is 1. The van der Waals surface area contributed by atoms with Crippen molar-refractivity contribution in [2.75, 3.05) is 34.0 Å². The van der Waals surface area contributed by atoms with E-state index in [1.807, 2.05) is 0 Å². The van der Waals surface area contributed by atoms with E-state index in [4.69, 9.17) is 18.9 Å². The standard InChI is InChI=1S/C19H24N2O7/c1-4-27-17(23)6-5-7-20-16(22)11-28-19(24)14-9-12-8-13(25-2)10-15(26-3)18(12)21-14/h8-10,21H,4-7,11H2,1-3H3,(H,20,22). The molecule has 1 heterocycles. The third-order valence-electron chi connectivity index (χ3n) is 3.86. The molecular formula is C19H24N2O7. The van der Waals surface area contributed by atoms with Gasteiger partial charge in [-0.15, -0.1) is 0 Å². The Morgan fingerprint density at radius 1 is 1.07 bits per heavy atom. The van der Waals surface area contributed by atoms with Gasteiger partial charge >= 0.3 is 11.9 Å². The van der Waals surface area contributed by atoms with Crippen LogP contribution in [0.2, 0.25) is 0 Å². The molecule has 2 N–H and O–H groups in total. The lowest BCUT2D eigenvalue weighted by Crippen LogP contribution is -2.30. The summed E-state index contributed by atoms with van der Waals surface area (Å²) in [7, 11) is 3.05. The highest BCUT2D eigenvalue weighted by Gasteiger charge is 2.16. The van der Waals surface area contributed by atoms with Gasteiger partial charge in [-0.2, -0.15) is 0 Å². The van der Waals surface area contributed by atoms with Crippen molar-refractivity contribution >= 4 is 28.7 Å². The highest BCUT2D eigenvalue weighted by Crippen LogP contribution is 2.31. The number of rotatable bonds is 10. The molecular weight excluding hydrogens is 368 g/mol. The zero-order valence-corrected chi connectivity index (χ0v) is 16.1. The number of aromatic nitrogens is 1. The summed E-state index contributed by atoms with van der Waals surface area (Å²) in [4.78, 5) is 38.1. The molecule has 28 heavy (non-hydrogen) atoms. The molecule has 1 amide bonds. The molecule has 2 rings (SSSR count). The Balaban J connectivity index is 1.86. The Labute approximate surface area is 162 Å². The summed E-state index contributed by atoms with van der Waals surface area (Å²) in [6.07, 6.45) is 0.663. The van der Waals surface area contributed by atoms with Gasteiger partial charge in [-0.3, -0.25) is 9.59 Å². The first-order chi connectivity index (χ1) is 13.5. The first kappa shape index (κ1) is 21.1. The van der Waals surface area contributed by atoms with Crippen LogP contribution >= 0.6 is 0 Å². The van der Waals surface area contributed by atoms with Gasteiger partial charge in [0.15, 0.2) is 6.61 Å². The number of hydrogen-bond donors (Lipinski definition) is 2. The van der Waals surface area contributed by atoms with Crippen LogP contribution in [0, 0.1) is 0 Å². The van der Waals surface area contributed by atoms with Gasteiger partial charge in [-0.25, -0.2) is 4.79 Å². The molecule has 0 saturated heterocycles. The molecule has 0 unspecified atom stereocenters. The second kappa shape index (κ2) is 10.2. The first-order valence-corrected chi connectivity index (χ1v) is 8.82. The topological polar surface area (TPSA) is 116 Å². The van der Waals surface area contributed by atoms with Gasteiger partial charge in [-0.1, -0.05) is 0 Å². The molecule has 1 aromatic heterocycles. The van der Waals surface area contributed by atoms with E-state index in [2.05, 4.69) is 10.3 Å². The second-order valence-corrected chi connectivity index (χ2v) is 5.81. The van der Waals surface area contributed by atoms with E-state index in [-0.39, 0.29) is 18.1 Å². The number of aromatic amines is 1. The van der Waals surface area contributed by atoms with Crippen molar-refractivity contribution in [3.05, 3.63) is 23.9 Å². The smallest absolute Gasteiger partial charge is 0.355 e. The Kier molecular flexibility index (Phi) is 7.67. The fourth-order valence-corrected chi connectivity index (χ4v) is 2.53. The number of methoxy groups -OCH3 is 2. The molecule has 0 spiro atoms. The Morgan fingerprint density at radius 2 is 1.86 bits per heavy atom. The van der Waals surface area contributed by atoms with Gasteiger partial charge in [0.2, 0.25) is 0 Å². The quantitative estimate of drug-likeness (QED) is 0.468. The predicted octanol–water partition coefficient (Wildman–Crippen LogP) is 1.80. The van der Waals surface area contributed by atoms with Crippen molar-refractivity contribution in [3.63, 3.8) is 0 Å². The van der Waals surface area contributed by atoms with Crippen LogP contribution in [-0.4, -0.2) is 56.8 Å². The Morgan fingerprint density at radius 3 is 2.54 bits per heavy atom. The maximum Gasteiger partial charge on any atom is 0.355 e. The van der Waals surface area contributed by atoms with Crippen molar-refractivity contribution in [1.29, 1.82) is 0 Å². The number of amides is 1. The van der Waals surface area contributed by atoms with Crippen molar-refractivity contribution in [2.24, 2.45) is 0 Å². The van der Waals surface area contributed by atoms with E-state index in [0.29, 0.717) is 42.0 Å². The van der Waals surface area contributed by atoms with Gasteiger partial charge in [0, 0.05) is 24.4 Å². The number of ether oxygens (including phenoxy) is 4. The van der Waals surface area contributed by atoms with Gasteiger partial charge in [0.25, 0.3) is 5.91 Å². The minimum Gasteiger partial charge on any atom is -0.497 e.